The molecule has 1 saturated carbocycles. The molecule has 1 aromatic rings. The van der Waals surface area contributed by atoms with Crippen LogP contribution >= 0.6 is 0 Å². The zero-order chi connectivity index (χ0) is 13.9. The minimum atomic E-state index is -4.29. The van der Waals surface area contributed by atoms with Gasteiger partial charge in [-0.3, -0.25) is 4.79 Å². The molecule has 1 N–H and O–H groups in total. The second-order valence-corrected chi connectivity index (χ2v) is 4.86. The maximum atomic E-state index is 12.4. The standard InChI is InChI=1S/C14H16F3NO/c15-14(16,17)12-6-4-10(5-7-12)8-9-18-13(19)11-2-1-3-11/h4-7,11H,1-3,8-9H2,(H,18,19). The zero-order valence-electron chi connectivity index (χ0n) is 10.5. The lowest BCUT2D eigenvalue weighted by Gasteiger charge is -2.24. The molecule has 1 aliphatic rings. The Balaban J connectivity index is 1.78. The fourth-order valence-corrected chi connectivity index (χ4v) is 2.01. The lowest BCUT2D eigenvalue weighted by molar-refractivity contribution is -0.137. The average molecular weight is 271 g/mol. The van der Waals surface area contributed by atoms with Crippen LogP contribution in [0.15, 0.2) is 24.3 Å². The number of nitrogens with one attached hydrogen (secondary N) is 1. The van der Waals surface area contributed by atoms with Gasteiger partial charge in [0, 0.05) is 12.5 Å². The molecule has 1 aliphatic carbocycles. The van der Waals surface area contributed by atoms with Gasteiger partial charge in [0.05, 0.1) is 5.56 Å². The molecule has 0 unspecified atom stereocenters. The first-order chi connectivity index (χ1) is 8.97. The predicted octanol–water partition coefficient (Wildman–Crippen LogP) is 3.16. The number of hydrogen-bond acceptors (Lipinski definition) is 1. The Bertz CT molecular complexity index is 435. The molecule has 104 valence electrons. The van der Waals surface area contributed by atoms with Crippen LogP contribution in [0.5, 0.6) is 0 Å². The summed E-state index contributed by atoms with van der Waals surface area (Å²) in [5.41, 5.74) is 0.150. The van der Waals surface area contributed by atoms with Gasteiger partial charge in [0.15, 0.2) is 0 Å². The molecule has 0 atom stereocenters. The summed E-state index contributed by atoms with van der Waals surface area (Å²) in [6.07, 6.45) is -0.733. The van der Waals surface area contributed by atoms with Crippen LogP contribution in [0.3, 0.4) is 0 Å². The quantitative estimate of drug-likeness (QED) is 0.895. The van der Waals surface area contributed by atoms with Crippen LogP contribution in [0.2, 0.25) is 0 Å². The highest BCUT2D eigenvalue weighted by atomic mass is 19.4. The van der Waals surface area contributed by atoms with E-state index in [4.69, 9.17) is 0 Å². The molecule has 1 aromatic carbocycles. The average Bonchev–Trinajstić information content (AvgIpc) is 2.26. The second-order valence-electron chi connectivity index (χ2n) is 4.86. The summed E-state index contributed by atoms with van der Waals surface area (Å²) in [4.78, 5) is 11.5. The number of alkyl halides is 3. The lowest BCUT2D eigenvalue weighted by Crippen LogP contribution is -2.35. The van der Waals surface area contributed by atoms with Crippen molar-refractivity contribution < 1.29 is 18.0 Å². The largest absolute Gasteiger partial charge is 0.416 e. The van der Waals surface area contributed by atoms with Crippen molar-refractivity contribution in [1.82, 2.24) is 5.32 Å². The molecular weight excluding hydrogens is 255 g/mol. The smallest absolute Gasteiger partial charge is 0.356 e. The molecule has 0 heterocycles. The molecule has 5 heteroatoms. The molecule has 0 spiro atoms. The summed E-state index contributed by atoms with van der Waals surface area (Å²) in [5, 5.41) is 2.82. The molecule has 19 heavy (non-hydrogen) atoms. The summed E-state index contributed by atoms with van der Waals surface area (Å²) in [6.45, 7) is 0.473. The van der Waals surface area contributed by atoms with Gasteiger partial charge in [-0.2, -0.15) is 13.2 Å². The van der Waals surface area contributed by atoms with E-state index < -0.39 is 11.7 Å². The van der Waals surface area contributed by atoms with Crippen molar-refractivity contribution in [3.63, 3.8) is 0 Å². The molecule has 1 fully saturated rings. The maximum Gasteiger partial charge on any atom is 0.416 e. The monoisotopic (exact) mass is 271 g/mol. The number of rotatable bonds is 4. The van der Waals surface area contributed by atoms with Crippen LogP contribution in [0.25, 0.3) is 0 Å². The molecule has 0 aromatic heterocycles. The van der Waals surface area contributed by atoms with Gasteiger partial charge in [0.1, 0.15) is 0 Å². The van der Waals surface area contributed by atoms with Gasteiger partial charge < -0.3 is 5.32 Å². The summed E-state index contributed by atoms with van der Waals surface area (Å²) >= 11 is 0. The number of carbonyl (C=O) groups is 1. The fraction of sp³-hybridized carbons (Fsp3) is 0.500. The number of benzene rings is 1. The van der Waals surface area contributed by atoms with Crippen molar-refractivity contribution >= 4 is 5.91 Å². The van der Waals surface area contributed by atoms with Crippen molar-refractivity contribution in [2.24, 2.45) is 5.92 Å². The summed E-state index contributed by atoms with van der Waals surface area (Å²) < 4.78 is 37.1. The molecular formula is C14H16F3NO. The zero-order valence-corrected chi connectivity index (χ0v) is 10.5. The highest BCUT2D eigenvalue weighted by Gasteiger charge is 2.29. The van der Waals surface area contributed by atoms with Gasteiger partial charge in [-0.25, -0.2) is 0 Å². The van der Waals surface area contributed by atoms with E-state index in [-0.39, 0.29) is 11.8 Å². The van der Waals surface area contributed by atoms with Gasteiger partial charge in [0.25, 0.3) is 0 Å². The van der Waals surface area contributed by atoms with Crippen LogP contribution in [0, 0.1) is 5.92 Å². The Hall–Kier alpha value is -1.52. The van der Waals surface area contributed by atoms with E-state index in [9.17, 15) is 18.0 Å². The Morgan fingerprint density at radius 2 is 1.84 bits per heavy atom. The van der Waals surface area contributed by atoms with E-state index >= 15 is 0 Å². The van der Waals surface area contributed by atoms with Gasteiger partial charge in [-0.1, -0.05) is 18.6 Å². The highest BCUT2D eigenvalue weighted by molar-refractivity contribution is 5.79. The molecule has 1 amide bonds. The summed E-state index contributed by atoms with van der Waals surface area (Å²) in [7, 11) is 0. The van der Waals surface area contributed by atoms with Crippen molar-refractivity contribution in [2.75, 3.05) is 6.54 Å². The van der Waals surface area contributed by atoms with Crippen LogP contribution in [-0.2, 0) is 17.4 Å². The van der Waals surface area contributed by atoms with E-state index in [0.717, 1.165) is 37.0 Å². The Morgan fingerprint density at radius 1 is 1.21 bits per heavy atom. The van der Waals surface area contributed by atoms with Crippen LogP contribution in [0.4, 0.5) is 13.2 Å². The number of carbonyl (C=O) groups excluding carboxylic acids is 1. The van der Waals surface area contributed by atoms with E-state index in [2.05, 4.69) is 5.32 Å². The molecule has 2 nitrogen and oxygen atoms in total. The van der Waals surface area contributed by atoms with Crippen molar-refractivity contribution in [1.29, 1.82) is 0 Å². The third-order valence-corrected chi connectivity index (χ3v) is 3.47. The van der Waals surface area contributed by atoms with Gasteiger partial charge in [-0.15, -0.1) is 0 Å². The molecule has 0 saturated heterocycles. The van der Waals surface area contributed by atoms with Gasteiger partial charge in [0.2, 0.25) is 5.91 Å². The summed E-state index contributed by atoms with van der Waals surface area (Å²) in [5.74, 6) is 0.214. The third kappa shape index (κ3) is 3.72. The van der Waals surface area contributed by atoms with Crippen molar-refractivity contribution in [2.45, 2.75) is 31.9 Å². The molecule has 0 radical (unpaired) electrons. The second kappa shape index (κ2) is 5.63. The first-order valence-electron chi connectivity index (χ1n) is 6.40. The first-order valence-corrected chi connectivity index (χ1v) is 6.40. The number of hydrogen-bond donors (Lipinski definition) is 1. The Labute approximate surface area is 110 Å². The van der Waals surface area contributed by atoms with Crippen LogP contribution < -0.4 is 5.32 Å². The lowest BCUT2D eigenvalue weighted by atomic mass is 9.85. The van der Waals surface area contributed by atoms with Crippen molar-refractivity contribution in [3.05, 3.63) is 35.4 Å². The molecule has 2 rings (SSSR count). The predicted molar refractivity (Wildman–Crippen MR) is 65.5 cm³/mol. The number of halogens is 3. The summed E-state index contributed by atoms with van der Waals surface area (Å²) in [6, 6.07) is 5.06. The Morgan fingerprint density at radius 3 is 2.32 bits per heavy atom. The molecule has 0 bridgehead atoms. The van der Waals surface area contributed by atoms with E-state index in [1.165, 1.54) is 12.1 Å². The van der Waals surface area contributed by atoms with Gasteiger partial charge in [-0.05, 0) is 37.0 Å². The normalized spacial score (nSPS) is 15.9. The third-order valence-electron chi connectivity index (χ3n) is 3.47. The van der Waals surface area contributed by atoms with Gasteiger partial charge >= 0.3 is 6.18 Å². The topological polar surface area (TPSA) is 29.1 Å². The highest BCUT2D eigenvalue weighted by Crippen LogP contribution is 2.29. The van der Waals surface area contributed by atoms with Crippen LogP contribution in [0.1, 0.15) is 30.4 Å². The fourth-order valence-electron chi connectivity index (χ4n) is 2.01. The van der Waals surface area contributed by atoms with E-state index in [1.807, 2.05) is 0 Å². The number of amides is 1. The van der Waals surface area contributed by atoms with Crippen molar-refractivity contribution in [3.8, 4) is 0 Å². The minimum Gasteiger partial charge on any atom is -0.356 e. The first kappa shape index (κ1) is 13.9. The van der Waals surface area contributed by atoms with Crippen LogP contribution in [-0.4, -0.2) is 12.5 Å². The SMILES string of the molecule is O=C(NCCc1ccc(C(F)(F)F)cc1)C1CCC1. The van der Waals surface area contributed by atoms with E-state index in [0.29, 0.717) is 13.0 Å². The minimum absolute atomic E-state index is 0.0677. The molecule has 0 aliphatic heterocycles. The Kier molecular flexibility index (Phi) is 4.12. The van der Waals surface area contributed by atoms with E-state index in [1.54, 1.807) is 0 Å². The maximum absolute atomic E-state index is 12.4.